The third-order valence-corrected chi connectivity index (χ3v) is 19.8. The van der Waals surface area contributed by atoms with Crippen LogP contribution >= 0.6 is 9.69 Å². The van der Waals surface area contributed by atoms with Crippen LogP contribution in [-0.2, 0) is 60.0 Å². The van der Waals surface area contributed by atoms with Crippen molar-refractivity contribution in [3.8, 4) is 0 Å². The Hall–Kier alpha value is -2.14. The molecule has 0 saturated carbocycles. The molecule has 1 unspecified atom stereocenters. The molecule has 0 aliphatic heterocycles. The Bertz CT molecular complexity index is 1920. The topological polar surface area (TPSA) is 170 Å². The molecule has 18 heteroatoms. The Kier molecular flexibility index (Phi) is 24.0. The molecule has 12 nitrogen and oxygen atoms in total. The molecular formula is C43H64ClN2O10RhSSi3. The van der Waals surface area contributed by atoms with Gasteiger partial charge in [0, 0.05) is 50.5 Å². The quantitative estimate of drug-likeness (QED) is 0.0509. The molecule has 340 valence electrons. The van der Waals surface area contributed by atoms with Gasteiger partial charge in [-0.1, -0.05) is 119 Å². The van der Waals surface area contributed by atoms with E-state index >= 15 is 0 Å². The summed E-state index contributed by atoms with van der Waals surface area (Å²) < 4.78 is 66.1. The van der Waals surface area contributed by atoms with Crippen LogP contribution in [0.4, 0.5) is 0 Å². The molecule has 0 amide bonds. The third-order valence-electron chi connectivity index (χ3n) is 10.2. The first-order valence-electron chi connectivity index (χ1n) is 20.1. The van der Waals surface area contributed by atoms with Crippen LogP contribution in [0.5, 0.6) is 0 Å². The van der Waals surface area contributed by atoms with E-state index in [1.54, 1.807) is 39.8 Å². The van der Waals surface area contributed by atoms with E-state index in [1.165, 1.54) is 58.5 Å². The van der Waals surface area contributed by atoms with Gasteiger partial charge < -0.3 is 46.3 Å². The monoisotopic (exact) mass is 1020 g/mol. The summed E-state index contributed by atoms with van der Waals surface area (Å²) >= 11 is 2.02. The van der Waals surface area contributed by atoms with E-state index in [2.05, 4.69) is 49.0 Å². The zero-order chi connectivity index (χ0) is 45.9. The number of nitrogens with zero attached hydrogens (tertiary/aromatic N) is 1. The molecule has 4 aromatic carbocycles. The molecule has 0 spiro atoms. The van der Waals surface area contributed by atoms with Crippen LogP contribution < -0.4 is 5.73 Å². The number of hydrogen-bond donors (Lipinski definition) is 3. The molecule has 0 fully saturated rings. The molecule has 0 bridgehead atoms. The Balaban J connectivity index is 0.000000922. The first-order chi connectivity index (χ1) is 28.9. The molecule has 0 saturated heterocycles. The van der Waals surface area contributed by atoms with Crippen LogP contribution in [0.2, 0.25) is 6.04 Å². The Morgan fingerprint density at radius 3 is 1.62 bits per heavy atom. The number of halogens is 1. The van der Waals surface area contributed by atoms with E-state index in [0.717, 1.165) is 11.1 Å². The van der Waals surface area contributed by atoms with Crippen LogP contribution in [0.25, 0.3) is 4.72 Å². The van der Waals surface area contributed by atoms with E-state index < -0.39 is 48.5 Å². The maximum absolute atomic E-state index is 13.6. The number of aryl methyl sites for hydroxylation is 1. The molecule has 0 aliphatic carbocycles. The normalized spacial score (nSPS) is 14.1. The van der Waals surface area contributed by atoms with E-state index in [4.69, 9.17) is 32.0 Å². The number of nitrogens with two attached hydrogens (primary N) is 1. The molecule has 0 aromatic heterocycles. The van der Waals surface area contributed by atoms with Crippen molar-refractivity contribution in [1.82, 2.24) is 0 Å². The van der Waals surface area contributed by atoms with Crippen molar-refractivity contribution in [3.05, 3.63) is 146 Å². The Morgan fingerprint density at radius 2 is 1.21 bits per heavy atom. The van der Waals surface area contributed by atoms with Gasteiger partial charge in [-0.25, -0.2) is 8.42 Å². The zero-order valence-electron chi connectivity index (χ0n) is 36.9. The molecule has 0 radical (unpaired) electrons. The van der Waals surface area contributed by atoms with Crippen molar-refractivity contribution in [1.29, 1.82) is 0 Å². The van der Waals surface area contributed by atoms with E-state index in [0.29, 0.717) is 12.0 Å². The molecule has 4 aromatic rings. The van der Waals surface area contributed by atoms with E-state index in [1.807, 2.05) is 78.0 Å². The van der Waals surface area contributed by atoms with Crippen molar-refractivity contribution in [2.24, 2.45) is 5.73 Å². The number of hydrogen-bond acceptors (Lipinski definition) is 11. The second kappa shape index (κ2) is 26.6. The second-order valence-electron chi connectivity index (χ2n) is 14.0. The first-order valence-corrected chi connectivity index (χ1v) is 29.3. The van der Waals surface area contributed by atoms with Crippen LogP contribution in [0, 0.1) is 34.6 Å². The van der Waals surface area contributed by atoms with Crippen LogP contribution in [0.15, 0.2) is 101 Å². The summed E-state index contributed by atoms with van der Waals surface area (Å²) in [5.41, 5.74) is 19.0. The first kappa shape index (κ1) is 55.0. The summed E-state index contributed by atoms with van der Waals surface area (Å²) in [5, 5.41) is 0. The van der Waals surface area contributed by atoms with Gasteiger partial charge in [-0.2, -0.15) is 27.8 Å². The molecule has 61 heavy (non-hydrogen) atoms. The van der Waals surface area contributed by atoms with Gasteiger partial charge in [-0.05, 0) is 68.8 Å². The fourth-order valence-electron chi connectivity index (χ4n) is 6.40. The van der Waals surface area contributed by atoms with Crippen LogP contribution in [-0.4, -0.2) is 78.0 Å². The van der Waals surface area contributed by atoms with Gasteiger partial charge in [0.1, 0.15) is 10.0 Å². The average Bonchev–Trinajstić information content (AvgIpc) is 3.43. The minimum absolute atomic E-state index is 0.0115. The van der Waals surface area contributed by atoms with Crippen LogP contribution in [0.1, 0.15) is 84.3 Å². The van der Waals surface area contributed by atoms with Gasteiger partial charge in [0.05, 0.1) is 0 Å². The third kappa shape index (κ3) is 16.4. The molecule has 3 atom stereocenters. The van der Waals surface area contributed by atoms with Gasteiger partial charge in [-0.3, -0.25) is 0 Å². The van der Waals surface area contributed by atoms with Crippen molar-refractivity contribution < 1.29 is 61.6 Å². The molecule has 0 aliphatic rings. The summed E-state index contributed by atoms with van der Waals surface area (Å²) in [7, 11) is -9.63. The summed E-state index contributed by atoms with van der Waals surface area (Å²) in [4.78, 5) is 22.5. The fourth-order valence-corrected chi connectivity index (χ4v) is 15.5. The van der Waals surface area contributed by atoms with Gasteiger partial charge in [0.15, 0.2) is 0 Å². The molecule has 0 heterocycles. The summed E-state index contributed by atoms with van der Waals surface area (Å²) in [6.45, 7) is 18.9. The van der Waals surface area contributed by atoms with Crippen molar-refractivity contribution in [2.75, 3.05) is 33.5 Å². The van der Waals surface area contributed by atoms with Crippen molar-refractivity contribution in [3.63, 3.8) is 0 Å². The van der Waals surface area contributed by atoms with Gasteiger partial charge in [-0.15, -0.1) is 0 Å². The van der Waals surface area contributed by atoms with Crippen molar-refractivity contribution in [2.45, 2.75) is 91.8 Å². The average molecular weight is 1020 g/mol. The molecule has 4 N–H and O–H groups in total. The number of sulfonamides is 1. The predicted molar refractivity (Wildman–Crippen MR) is 245 cm³/mol. The van der Waals surface area contributed by atoms with Gasteiger partial charge in [0.25, 0.3) is 0 Å². The van der Waals surface area contributed by atoms with Gasteiger partial charge in [0.2, 0.25) is 0 Å². The number of benzene rings is 3. The summed E-state index contributed by atoms with van der Waals surface area (Å²) in [5.74, 6) is 0. The SMILES string of the molecule is CCO[Si](O)(/C=C/[Si](OCC)(OCC)O[Si](O)(CCc1ccc(S(=O)(=O)[N-][C@@H](c2ccccc2)[C@@H](N)c2ccccc2)cc1)OC)OCC.Cc1c(C)c(C)[c-](C)c1C.[Cl][Rh+2]. The summed E-state index contributed by atoms with van der Waals surface area (Å²) in [6.07, 6.45) is 0.294. The minimum atomic E-state index is -4.11. The van der Waals surface area contributed by atoms with Crippen molar-refractivity contribution >= 4 is 46.1 Å². The Morgan fingerprint density at radius 1 is 0.754 bits per heavy atom. The zero-order valence-corrected chi connectivity index (χ0v) is 43.2. The fraction of sp³-hybridized carbons (Fsp3) is 0.419. The number of rotatable bonds is 22. The standard InChI is InChI=1S/C33H49N2O10SSi3.C10H15.ClH.Rh/c1-6-41-48(39,42-7-2)26-27-49(43-8-3,44-9-4)45-47(38,40-5)25-24-28-20-22-31(23-21-28)46(36,37)35-33(30-18-14-11-15-19-30)32(34)29-16-12-10-13-17-29;1-6-7(2)9(4)10(5)8(6)3;;/h10-23,26-27,32-33,38-39H,6-9,24-25,34H2,1-5H3;1-5H3;1H;/q2*-1;;+3/p-1/b27-26+;;;/t32-,33-,47?;;;/m0.../s1. The molecule has 4 rings (SSSR count). The van der Waals surface area contributed by atoms with E-state index in [9.17, 15) is 18.0 Å². The summed E-state index contributed by atoms with van der Waals surface area (Å²) in [6, 6.07) is 23.2. The Labute approximate surface area is 382 Å². The van der Waals surface area contributed by atoms with E-state index in [-0.39, 0.29) is 37.4 Å². The maximum atomic E-state index is 13.6. The van der Waals surface area contributed by atoms with Crippen LogP contribution in [0.3, 0.4) is 0 Å². The molecular weight excluding hydrogens is 959 g/mol. The second-order valence-corrected chi connectivity index (χ2v) is 23.0. The van der Waals surface area contributed by atoms with Gasteiger partial charge >= 0.3 is 53.4 Å². The predicted octanol–water partition coefficient (Wildman–Crippen LogP) is 8.61.